The van der Waals surface area contributed by atoms with Gasteiger partial charge in [-0.1, -0.05) is 18.6 Å². The summed E-state index contributed by atoms with van der Waals surface area (Å²) in [6.07, 6.45) is 4.58. The predicted octanol–water partition coefficient (Wildman–Crippen LogP) is 2.77. The molecule has 1 aromatic carbocycles. The van der Waals surface area contributed by atoms with Crippen molar-refractivity contribution in [3.05, 3.63) is 35.6 Å². The zero-order valence-corrected chi connectivity index (χ0v) is 13.2. The van der Waals surface area contributed by atoms with Crippen LogP contribution in [0.5, 0.6) is 0 Å². The van der Waals surface area contributed by atoms with E-state index >= 15 is 0 Å². The molecule has 0 saturated heterocycles. The van der Waals surface area contributed by atoms with E-state index in [1.807, 2.05) is 7.05 Å². The highest BCUT2D eigenvalue weighted by atomic mass is 35.5. The Hall–Kier alpha value is -1.13. The Morgan fingerprint density at radius 3 is 2.62 bits per heavy atom. The van der Waals surface area contributed by atoms with Crippen molar-refractivity contribution >= 4 is 18.3 Å². The smallest absolute Gasteiger partial charge is 0.225 e. The van der Waals surface area contributed by atoms with Crippen molar-refractivity contribution < 1.29 is 9.18 Å². The largest absolute Gasteiger partial charge is 0.345 e. The summed E-state index contributed by atoms with van der Waals surface area (Å²) < 4.78 is 12.8. The van der Waals surface area contributed by atoms with E-state index in [2.05, 4.69) is 0 Å². The van der Waals surface area contributed by atoms with Crippen LogP contribution in [-0.2, 0) is 11.2 Å². The first-order valence-electron chi connectivity index (χ1n) is 7.31. The number of carbonyl (C=O) groups is 1. The molecular weight excluding hydrogens is 291 g/mol. The second-order valence-corrected chi connectivity index (χ2v) is 5.76. The molecule has 2 unspecified atom stereocenters. The van der Waals surface area contributed by atoms with Crippen molar-refractivity contribution in [1.29, 1.82) is 0 Å². The Balaban J connectivity index is 0.00000220. The van der Waals surface area contributed by atoms with Gasteiger partial charge < -0.3 is 10.6 Å². The number of nitrogens with zero attached hydrogens (tertiary/aromatic N) is 1. The van der Waals surface area contributed by atoms with E-state index in [-0.39, 0.29) is 36.1 Å². The lowest BCUT2D eigenvalue weighted by Gasteiger charge is -2.29. The molecule has 5 heteroatoms. The van der Waals surface area contributed by atoms with E-state index in [1.165, 1.54) is 12.1 Å². The first-order valence-corrected chi connectivity index (χ1v) is 7.31. The summed E-state index contributed by atoms with van der Waals surface area (Å²) in [6, 6.07) is 6.62. The number of amides is 1. The molecule has 1 aliphatic carbocycles. The molecule has 0 spiro atoms. The van der Waals surface area contributed by atoms with Crippen molar-refractivity contribution in [3.8, 4) is 0 Å². The van der Waals surface area contributed by atoms with E-state index in [0.29, 0.717) is 6.54 Å². The summed E-state index contributed by atoms with van der Waals surface area (Å²) in [4.78, 5) is 14.1. The van der Waals surface area contributed by atoms with Crippen LogP contribution in [0, 0.1) is 11.7 Å². The van der Waals surface area contributed by atoms with Crippen LogP contribution in [-0.4, -0.2) is 30.4 Å². The lowest BCUT2D eigenvalue weighted by molar-refractivity contribution is -0.135. The third-order valence-corrected chi connectivity index (χ3v) is 4.09. The molecule has 0 aromatic heterocycles. The van der Waals surface area contributed by atoms with Gasteiger partial charge in [0.05, 0.1) is 0 Å². The van der Waals surface area contributed by atoms with Gasteiger partial charge in [-0.25, -0.2) is 4.39 Å². The topological polar surface area (TPSA) is 46.3 Å². The number of carbonyl (C=O) groups excluding carboxylic acids is 1. The molecule has 0 radical (unpaired) electrons. The molecule has 1 aromatic rings. The Bertz CT molecular complexity index is 452. The van der Waals surface area contributed by atoms with E-state index in [4.69, 9.17) is 5.73 Å². The number of hydrogen-bond acceptors (Lipinski definition) is 2. The van der Waals surface area contributed by atoms with Crippen LogP contribution in [0.3, 0.4) is 0 Å². The van der Waals surface area contributed by atoms with Crippen LogP contribution >= 0.6 is 12.4 Å². The van der Waals surface area contributed by atoms with E-state index in [1.54, 1.807) is 17.0 Å². The van der Waals surface area contributed by atoms with Gasteiger partial charge in [-0.05, 0) is 43.4 Å². The summed E-state index contributed by atoms with van der Waals surface area (Å²) in [5, 5.41) is 0. The molecule has 0 heterocycles. The van der Waals surface area contributed by atoms with Gasteiger partial charge in [0.2, 0.25) is 5.91 Å². The summed E-state index contributed by atoms with van der Waals surface area (Å²) >= 11 is 0. The van der Waals surface area contributed by atoms with Crippen LogP contribution in [0.4, 0.5) is 4.39 Å². The van der Waals surface area contributed by atoms with E-state index < -0.39 is 0 Å². The molecule has 3 nitrogen and oxygen atoms in total. The molecule has 1 saturated carbocycles. The van der Waals surface area contributed by atoms with Gasteiger partial charge in [-0.15, -0.1) is 12.4 Å². The molecular formula is C16H24ClFN2O. The minimum Gasteiger partial charge on any atom is -0.345 e. The molecule has 0 bridgehead atoms. The van der Waals surface area contributed by atoms with Crippen LogP contribution < -0.4 is 5.73 Å². The minimum absolute atomic E-state index is 0. The molecule has 118 valence electrons. The van der Waals surface area contributed by atoms with Gasteiger partial charge in [-0.3, -0.25) is 4.79 Å². The van der Waals surface area contributed by atoms with Crippen LogP contribution in [0.25, 0.3) is 0 Å². The predicted molar refractivity (Wildman–Crippen MR) is 84.9 cm³/mol. The van der Waals surface area contributed by atoms with Gasteiger partial charge in [0.15, 0.2) is 0 Å². The Labute approximate surface area is 132 Å². The van der Waals surface area contributed by atoms with Gasteiger partial charge in [0, 0.05) is 25.6 Å². The van der Waals surface area contributed by atoms with E-state index in [0.717, 1.165) is 37.7 Å². The van der Waals surface area contributed by atoms with E-state index in [9.17, 15) is 9.18 Å². The Morgan fingerprint density at radius 1 is 1.33 bits per heavy atom. The number of benzene rings is 1. The van der Waals surface area contributed by atoms with Gasteiger partial charge in [0.25, 0.3) is 0 Å². The Kier molecular flexibility index (Phi) is 7.12. The molecule has 21 heavy (non-hydrogen) atoms. The summed E-state index contributed by atoms with van der Waals surface area (Å²) in [5.41, 5.74) is 6.98. The first-order chi connectivity index (χ1) is 9.56. The maximum atomic E-state index is 12.8. The number of nitrogens with two attached hydrogens (primary N) is 1. The molecule has 2 atom stereocenters. The zero-order valence-electron chi connectivity index (χ0n) is 12.4. The highest BCUT2D eigenvalue weighted by Gasteiger charge is 2.27. The molecule has 1 aliphatic rings. The quantitative estimate of drug-likeness (QED) is 0.929. The second-order valence-electron chi connectivity index (χ2n) is 5.76. The normalized spacial score (nSPS) is 21.5. The SMILES string of the molecule is CN(CCc1ccc(F)cc1)C(=O)C1CCCC(N)C1.Cl. The fraction of sp³-hybridized carbons (Fsp3) is 0.562. The second kappa shape index (κ2) is 8.35. The zero-order chi connectivity index (χ0) is 14.5. The standard InChI is InChI=1S/C16H23FN2O.ClH/c1-19(10-9-12-5-7-14(17)8-6-12)16(20)13-3-2-4-15(18)11-13;/h5-8,13,15H,2-4,9-11,18H2,1H3;1H. The highest BCUT2D eigenvalue weighted by molar-refractivity contribution is 5.85. The van der Waals surface area contributed by atoms with Crippen LogP contribution in [0.15, 0.2) is 24.3 Å². The first kappa shape index (κ1) is 17.9. The van der Waals surface area contributed by atoms with Crippen molar-refractivity contribution in [2.45, 2.75) is 38.1 Å². The number of likely N-dealkylation sites (N-methyl/N-ethyl adjacent to an activating group) is 1. The van der Waals surface area contributed by atoms with Gasteiger partial charge in [-0.2, -0.15) is 0 Å². The maximum absolute atomic E-state index is 12.8. The average Bonchev–Trinajstić information content (AvgIpc) is 2.45. The van der Waals surface area contributed by atoms with Gasteiger partial charge in [0.1, 0.15) is 5.82 Å². The fourth-order valence-electron chi connectivity index (χ4n) is 2.82. The number of rotatable bonds is 4. The maximum Gasteiger partial charge on any atom is 0.225 e. The number of hydrogen-bond donors (Lipinski definition) is 1. The third-order valence-electron chi connectivity index (χ3n) is 4.09. The van der Waals surface area contributed by atoms with Crippen molar-refractivity contribution in [2.24, 2.45) is 11.7 Å². The lowest BCUT2D eigenvalue weighted by Crippen LogP contribution is -2.39. The molecule has 1 amide bonds. The molecule has 1 fully saturated rings. The Morgan fingerprint density at radius 2 is 2.00 bits per heavy atom. The summed E-state index contributed by atoms with van der Waals surface area (Å²) in [6.45, 7) is 0.663. The molecule has 2 N–H and O–H groups in total. The summed E-state index contributed by atoms with van der Waals surface area (Å²) in [7, 11) is 1.84. The van der Waals surface area contributed by atoms with Gasteiger partial charge >= 0.3 is 0 Å². The highest BCUT2D eigenvalue weighted by Crippen LogP contribution is 2.24. The van der Waals surface area contributed by atoms with Crippen molar-refractivity contribution in [3.63, 3.8) is 0 Å². The van der Waals surface area contributed by atoms with Crippen molar-refractivity contribution in [2.75, 3.05) is 13.6 Å². The monoisotopic (exact) mass is 314 g/mol. The summed E-state index contributed by atoms with van der Waals surface area (Å²) in [5.74, 6) is 0.0496. The van der Waals surface area contributed by atoms with Crippen LogP contribution in [0.1, 0.15) is 31.2 Å². The van der Waals surface area contributed by atoms with Crippen LogP contribution in [0.2, 0.25) is 0 Å². The molecule has 0 aliphatic heterocycles. The molecule has 2 rings (SSSR count). The number of halogens is 2. The minimum atomic E-state index is -0.227. The van der Waals surface area contributed by atoms with Crippen molar-refractivity contribution in [1.82, 2.24) is 4.90 Å². The lowest BCUT2D eigenvalue weighted by atomic mass is 9.85. The third kappa shape index (κ3) is 5.29. The fourth-order valence-corrected chi connectivity index (χ4v) is 2.82. The average molecular weight is 315 g/mol.